The van der Waals surface area contributed by atoms with Gasteiger partial charge in [0.1, 0.15) is 5.75 Å². The highest BCUT2D eigenvalue weighted by molar-refractivity contribution is 6.19. The normalized spacial score (nSPS) is 19.0. The van der Waals surface area contributed by atoms with Gasteiger partial charge in [-0.3, -0.25) is 24.1 Å². The summed E-state index contributed by atoms with van der Waals surface area (Å²) in [6, 6.07) is 12.1. The van der Waals surface area contributed by atoms with Crippen molar-refractivity contribution in [3.63, 3.8) is 0 Å². The van der Waals surface area contributed by atoms with E-state index in [4.69, 9.17) is 4.74 Å². The van der Waals surface area contributed by atoms with Crippen LogP contribution in [0.1, 0.15) is 30.4 Å². The van der Waals surface area contributed by atoms with E-state index in [-0.39, 0.29) is 49.3 Å². The Morgan fingerprint density at radius 1 is 0.900 bits per heavy atom. The first kappa shape index (κ1) is 19.8. The van der Waals surface area contributed by atoms with Crippen molar-refractivity contribution in [2.24, 2.45) is 5.92 Å². The van der Waals surface area contributed by atoms with Gasteiger partial charge in [-0.25, -0.2) is 0 Å². The monoisotopic (exact) mass is 406 g/mol. The molecule has 2 fully saturated rings. The molecule has 0 bridgehead atoms. The first-order chi connectivity index (χ1) is 14.3. The van der Waals surface area contributed by atoms with Crippen LogP contribution in [0.25, 0.3) is 0 Å². The van der Waals surface area contributed by atoms with Gasteiger partial charge in [0.15, 0.2) is 0 Å². The second-order valence-electron chi connectivity index (χ2n) is 7.72. The molecular weight excluding hydrogens is 384 g/mol. The fourth-order valence-corrected chi connectivity index (χ4v) is 3.76. The van der Waals surface area contributed by atoms with Crippen molar-refractivity contribution in [2.75, 3.05) is 16.3 Å². The molecule has 30 heavy (non-hydrogen) atoms. The van der Waals surface area contributed by atoms with E-state index in [9.17, 15) is 19.2 Å². The molecule has 0 saturated carbocycles. The Balaban J connectivity index is 1.46. The van der Waals surface area contributed by atoms with Crippen molar-refractivity contribution < 1.29 is 23.9 Å². The Morgan fingerprint density at radius 2 is 1.63 bits per heavy atom. The third kappa shape index (κ3) is 3.70. The van der Waals surface area contributed by atoms with E-state index in [0.29, 0.717) is 5.69 Å². The number of aryl methyl sites for hydroxylation is 2. The van der Waals surface area contributed by atoms with Gasteiger partial charge in [-0.2, -0.15) is 0 Å². The zero-order chi connectivity index (χ0) is 21.4. The molecule has 0 aliphatic carbocycles. The van der Waals surface area contributed by atoms with Crippen LogP contribution in [0, 0.1) is 19.8 Å². The fraction of sp³-hybridized carbons (Fsp3) is 0.304. The Kier molecular flexibility index (Phi) is 5.11. The van der Waals surface area contributed by atoms with Gasteiger partial charge in [-0.05, 0) is 49.2 Å². The van der Waals surface area contributed by atoms with Gasteiger partial charge in [-0.15, -0.1) is 0 Å². The van der Waals surface area contributed by atoms with Crippen LogP contribution in [0.2, 0.25) is 0 Å². The number of carbonyl (C=O) groups excluding carboxylic acids is 4. The maximum atomic E-state index is 12.7. The summed E-state index contributed by atoms with van der Waals surface area (Å²) in [6.45, 7) is 4.24. The lowest BCUT2D eigenvalue weighted by Crippen LogP contribution is -2.29. The van der Waals surface area contributed by atoms with Gasteiger partial charge >= 0.3 is 5.97 Å². The molecule has 2 saturated heterocycles. The number of carbonyl (C=O) groups is 4. The number of esters is 1. The standard InChI is InChI=1S/C23H22N2O5/c1-14-6-7-17(10-15(14)2)24-13-16(11-22(24)28)23(29)30-19-5-3-4-18(12-19)25-20(26)8-9-21(25)27/h3-7,10,12,16H,8-9,11,13H2,1-2H3/t16-/m1/s1. The van der Waals surface area contributed by atoms with Crippen LogP contribution in [0.3, 0.4) is 0 Å². The van der Waals surface area contributed by atoms with Crippen LogP contribution in [0.5, 0.6) is 5.75 Å². The van der Waals surface area contributed by atoms with Crippen LogP contribution < -0.4 is 14.5 Å². The summed E-state index contributed by atoms with van der Waals surface area (Å²) in [7, 11) is 0. The predicted molar refractivity (Wildman–Crippen MR) is 110 cm³/mol. The molecule has 0 N–H and O–H groups in total. The van der Waals surface area contributed by atoms with E-state index in [1.807, 2.05) is 32.0 Å². The number of amides is 3. The first-order valence-electron chi connectivity index (χ1n) is 9.88. The molecule has 0 unspecified atom stereocenters. The lowest BCUT2D eigenvalue weighted by atomic mass is 10.1. The molecule has 2 aliphatic rings. The van der Waals surface area contributed by atoms with Crippen molar-refractivity contribution in [1.29, 1.82) is 0 Å². The largest absolute Gasteiger partial charge is 0.426 e. The van der Waals surface area contributed by atoms with Crippen LogP contribution >= 0.6 is 0 Å². The summed E-state index contributed by atoms with van der Waals surface area (Å²) in [5.41, 5.74) is 3.36. The third-order valence-corrected chi connectivity index (χ3v) is 5.61. The van der Waals surface area contributed by atoms with E-state index in [2.05, 4.69) is 0 Å². The minimum atomic E-state index is -0.585. The Morgan fingerprint density at radius 3 is 2.33 bits per heavy atom. The maximum Gasteiger partial charge on any atom is 0.316 e. The molecular formula is C23H22N2O5. The quantitative estimate of drug-likeness (QED) is 0.443. The molecule has 2 aromatic carbocycles. The highest BCUT2D eigenvalue weighted by Crippen LogP contribution is 2.30. The molecule has 3 amide bonds. The molecule has 2 heterocycles. The molecule has 7 nitrogen and oxygen atoms in total. The maximum absolute atomic E-state index is 12.7. The lowest BCUT2D eigenvalue weighted by Gasteiger charge is -2.18. The Labute approximate surface area is 174 Å². The second-order valence-corrected chi connectivity index (χ2v) is 7.72. The molecule has 0 radical (unpaired) electrons. The lowest BCUT2D eigenvalue weighted by molar-refractivity contribution is -0.139. The number of hydrogen-bond donors (Lipinski definition) is 0. The van der Waals surface area contributed by atoms with Gasteiger partial charge < -0.3 is 9.64 Å². The summed E-state index contributed by atoms with van der Waals surface area (Å²) < 4.78 is 5.48. The number of anilines is 2. The zero-order valence-corrected chi connectivity index (χ0v) is 16.9. The van der Waals surface area contributed by atoms with Crippen LogP contribution in [-0.2, 0) is 19.2 Å². The summed E-state index contributed by atoms with van der Waals surface area (Å²) in [6.07, 6.45) is 0.442. The Hall–Kier alpha value is -3.48. The van der Waals surface area contributed by atoms with Crippen molar-refractivity contribution >= 4 is 35.1 Å². The number of nitrogens with zero attached hydrogens (tertiary/aromatic N) is 2. The molecule has 0 aromatic heterocycles. The van der Waals surface area contributed by atoms with E-state index in [1.165, 1.54) is 6.07 Å². The minimum absolute atomic E-state index is 0.0779. The average molecular weight is 406 g/mol. The molecule has 1 atom stereocenters. The van der Waals surface area contributed by atoms with Crippen LogP contribution in [0.15, 0.2) is 42.5 Å². The van der Waals surface area contributed by atoms with Crippen molar-refractivity contribution in [3.8, 4) is 5.75 Å². The van der Waals surface area contributed by atoms with Crippen LogP contribution in [0.4, 0.5) is 11.4 Å². The third-order valence-electron chi connectivity index (χ3n) is 5.61. The fourth-order valence-electron chi connectivity index (χ4n) is 3.76. The minimum Gasteiger partial charge on any atom is -0.426 e. The first-order valence-corrected chi connectivity index (χ1v) is 9.88. The van der Waals surface area contributed by atoms with Crippen molar-refractivity contribution in [3.05, 3.63) is 53.6 Å². The summed E-state index contributed by atoms with van der Waals surface area (Å²) >= 11 is 0. The number of benzene rings is 2. The topological polar surface area (TPSA) is 84.0 Å². The number of hydrogen-bond acceptors (Lipinski definition) is 5. The van der Waals surface area contributed by atoms with Gasteiger partial charge in [-0.1, -0.05) is 12.1 Å². The molecule has 4 rings (SSSR count). The molecule has 7 heteroatoms. The predicted octanol–water partition coefficient (Wildman–Crippen LogP) is 2.92. The van der Waals surface area contributed by atoms with Gasteiger partial charge in [0.05, 0.1) is 11.6 Å². The molecule has 154 valence electrons. The zero-order valence-electron chi connectivity index (χ0n) is 16.9. The molecule has 2 aliphatic heterocycles. The van der Waals surface area contributed by atoms with E-state index < -0.39 is 11.9 Å². The van der Waals surface area contributed by atoms with E-state index in [0.717, 1.165) is 21.7 Å². The molecule has 0 spiro atoms. The summed E-state index contributed by atoms with van der Waals surface area (Å²) in [5.74, 6) is -1.52. The van der Waals surface area contributed by atoms with Crippen molar-refractivity contribution in [2.45, 2.75) is 33.1 Å². The molecule has 2 aromatic rings. The van der Waals surface area contributed by atoms with Crippen LogP contribution in [-0.4, -0.2) is 30.2 Å². The summed E-state index contributed by atoms with van der Waals surface area (Å²) in [4.78, 5) is 51.7. The SMILES string of the molecule is Cc1ccc(N2C[C@H](C(=O)Oc3cccc(N4C(=O)CCC4=O)c3)CC2=O)cc1C. The Bertz CT molecular complexity index is 1050. The smallest absolute Gasteiger partial charge is 0.316 e. The van der Waals surface area contributed by atoms with E-state index >= 15 is 0 Å². The number of ether oxygens (including phenoxy) is 1. The average Bonchev–Trinajstić information content (AvgIpc) is 3.26. The number of rotatable bonds is 4. The summed E-state index contributed by atoms with van der Waals surface area (Å²) in [5, 5.41) is 0. The van der Waals surface area contributed by atoms with Gasteiger partial charge in [0.25, 0.3) is 0 Å². The number of imide groups is 1. The highest BCUT2D eigenvalue weighted by Gasteiger charge is 2.37. The van der Waals surface area contributed by atoms with E-state index in [1.54, 1.807) is 23.1 Å². The van der Waals surface area contributed by atoms with Gasteiger partial charge in [0, 0.05) is 37.6 Å². The van der Waals surface area contributed by atoms with Crippen molar-refractivity contribution in [1.82, 2.24) is 0 Å². The van der Waals surface area contributed by atoms with Gasteiger partial charge in [0.2, 0.25) is 17.7 Å². The second kappa shape index (κ2) is 7.74. The highest BCUT2D eigenvalue weighted by atomic mass is 16.5.